The Morgan fingerprint density at radius 3 is 2.19 bits per heavy atom. The van der Waals surface area contributed by atoms with Gasteiger partial charge in [0.05, 0.1) is 0 Å². The zero-order valence-electron chi connectivity index (χ0n) is 11.6. The Morgan fingerprint density at radius 2 is 1.75 bits per heavy atom. The standard InChI is InChI=1S/C13H29N3/c1-6-10(2)13(14)9-16-7-11(3)15(5)12(4)8-16/h10-13H,6-9,14H2,1-5H3. The van der Waals surface area contributed by atoms with Gasteiger partial charge in [0, 0.05) is 37.8 Å². The van der Waals surface area contributed by atoms with Gasteiger partial charge in [-0.1, -0.05) is 20.3 Å². The lowest BCUT2D eigenvalue weighted by Gasteiger charge is -2.43. The molecule has 2 N–H and O–H groups in total. The van der Waals surface area contributed by atoms with E-state index in [0.717, 1.165) is 19.6 Å². The number of hydrogen-bond donors (Lipinski definition) is 1. The van der Waals surface area contributed by atoms with E-state index in [1.54, 1.807) is 0 Å². The van der Waals surface area contributed by atoms with Crippen molar-refractivity contribution in [2.75, 3.05) is 26.7 Å². The minimum atomic E-state index is 0.327. The molecule has 0 saturated carbocycles. The van der Waals surface area contributed by atoms with E-state index in [2.05, 4.69) is 44.5 Å². The molecular formula is C13H29N3. The average molecular weight is 227 g/mol. The molecule has 0 radical (unpaired) electrons. The van der Waals surface area contributed by atoms with Crippen LogP contribution < -0.4 is 5.73 Å². The summed E-state index contributed by atoms with van der Waals surface area (Å²) in [6, 6.07) is 1.62. The molecule has 3 nitrogen and oxygen atoms in total. The lowest BCUT2D eigenvalue weighted by Crippen LogP contribution is -2.57. The van der Waals surface area contributed by atoms with E-state index >= 15 is 0 Å². The van der Waals surface area contributed by atoms with Crippen molar-refractivity contribution in [2.45, 2.75) is 52.2 Å². The maximum Gasteiger partial charge on any atom is 0.0195 e. The Morgan fingerprint density at radius 1 is 1.25 bits per heavy atom. The van der Waals surface area contributed by atoms with Gasteiger partial charge >= 0.3 is 0 Å². The molecule has 0 aromatic heterocycles. The van der Waals surface area contributed by atoms with E-state index < -0.39 is 0 Å². The van der Waals surface area contributed by atoms with Crippen molar-refractivity contribution in [3.8, 4) is 0 Å². The largest absolute Gasteiger partial charge is 0.326 e. The van der Waals surface area contributed by atoms with Crippen LogP contribution in [0.3, 0.4) is 0 Å². The topological polar surface area (TPSA) is 32.5 Å². The van der Waals surface area contributed by atoms with Crippen LogP contribution in [0.2, 0.25) is 0 Å². The second-order valence-electron chi connectivity index (χ2n) is 5.63. The molecule has 0 amide bonds. The highest BCUT2D eigenvalue weighted by Gasteiger charge is 2.27. The molecule has 96 valence electrons. The summed E-state index contributed by atoms with van der Waals surface area (Å²) in [5.74, 6) is 0.630. The van der Waals surface area contributed by atoms with Crippen LogP contribution in [-0.2, 0) is 0 Å². The molecule has 0 spiro atoms. The predicted molar refractivity (Wildman–Crippen MR) is 70.6 cm³/mol. The number of piperazine rings is 1. The van der Waals surface area contributed by atoms with Crippen molar-refractivity contribution in [3.63, 3.8) is 0 Å². The molecule has 0 aromatic rings. The van der Waals surface area contributed by atoms with Crippen LogP contribution >= 0.6 is 0 Å². The number of nitrogens with zero attached hydrogens (tertiary/aromatic N) is 2. The first-order valence-electron chi connectivity index (χ1n) is 6.65. The summed E-state index contributed by atoms with van der Waals surface area (Å²) in [6.07, 6.45) is 1.18. The average Bonchev–Trinajstić information content (AvgIpc) is 2.24. The Bertz CT molecular complexity index is 195. The molecular weight excluding hydrogens is 198 g/mol. The van der Waals surface area contributed by atoms with E-state index in [1.165, 1.54) is 6.42 Å². The van der Waals surface area contributed by atoms with Crippen LogP contribution in [-0.4, -0.2) is 54.6 Å². The first-order chi connectivity index (χ1) is 7.45. The first-order valence-corrected chi connectivity index (χ1v) is 6.65. The van der Waals surface area contributed by atoms with Crippen molar-refractivity contribution in [2.24, 2.45) is 11.7 Å². The third-order valence-electron chi connectivity index (χ3n) is 4.28. The molecule has 3 heteroatoms. The molecule has 4 unspecified atom stereocenters. The summed E-state index contributed by atoms with van der Waals surface area (Å²) in [4.78, 5) is 5.00. The Labute approximate surface area is 101 Å². The number of hydrogen-bond acceptors (Lipinski definition) is 3. The number of likely N-dealkylation sites (N-methyl/N-ethyl adjacent to an activating group) is 1. The second-order valence-corrected chi connectivity index (χ2v) is 5.63. The van der Waals surface area contributed by atoms with Gasteiger partial charge in [-0.25, -0.2) is 0 Å². The fraction of sp³-hybridized carbons (Fsp3) is 1.00. The summed E-state index contributed by atoms with van der Waals surface area (Å²) in [5, 5.41) is 0. The zero-order chi connectivity index (χ0) is 12.3. The van der Waals surface area contributed by atoms with E-state index in [0.29, 0.717) is 24.0 Å². The van der Waals surface area contributed by atoms with Gasteiger partial charge in [-0.15, -0.1) is 0 Å². The van der Waals surface area contributed by atoms with Crippen molar-refractivity contribution in [1.29, 1.82) is 0 Å². The van der Waals surface area contributed by atoms with Gasteiger partial charge in [0.1, 0.15) is 0 Å². The van der Waals surface area contributed by atoms with Gasteiger partial charge in [0.25, 0.3) is 0 Å². The zero-order valence-corrected chi connectivity index (χ0v) is 11.6. The maximum absolute atomic E-state index is 6.23. The fourth-order valence-electron chi connectivity index (χ4n) is 2.44. The van der Waals surface area contributed by atoms with Crippen LogP contribution in [0.1, 0.15) is 34.1 Å². The van der Waals surface area contributed by atoms with Gasteiger partial charge in [0.2, 0.25) is 0 Å². The van der Waals surface area contributed by atoms with E-state index in [4.69, 9.17) is 5.73 Å². The Kier molecular flexibility index (Phi) is 5.22. The molecule has 4 atom stereocenters. The van der Waals surface area contributed by atoms with Crippen molar-refractivity contribution in [3.05, 3.63) is 0 Å². The van der Waals surface area contributed by atoms with E-state index in [9.17, 15) is 0 Å². The lowest BCUT2D eigenvalue weighted by molar-refractivity contribution is 0.0533. The smallest absolute Gasteiger partial charge is 0.0195 e. The van der Waals surface area contributed by atoms with Gasteiger partial charge in [-0.3, -0.25) is 9.80 Å². The SMILES string of the molecule is CCC(C)C(N)CN1CC(C)N(C)C(C)C1. The normalized spacial score (nSPS) is 32.6. The molecule has 1 saturated heterocycles. The minimum Gasteiger partial charge on any atom is -0.326 e. The predicted octanol–water partition coefficient (Wildman–Crippen LogP) is 1.38. The van der Waals surface area contributed by atoms with Crippen LogP contribution in [0.4, 0.5) is 0 Å². The highest BCUT2D eigenvalue weighted by Crippen LogP contribution is 2.15. The summed E-state index contributed by atoms with van der Waals surface area (Å²) < 4.78 is 0. The quantitative estimate of drug-likeness (QED) is 0.787. The van der Waals surface area contributed by atoms with Crippen LogP contribution in [0.15, 0.2) is 0 Å². The van der Waals surface area contributed by atoms with E-state index in [1.807, 2.05) is 0 Å². The lowest BCUT2D eigenvalue weighted by atomic mass is 9.98. The second kappa shape index (κ2) is 5.99. The van der Waals surface area contributed by atoms with Gasteiger partial charge in [0.15, 0.2) is 0 Å². The molecule has 0 aliphatic carbocycles. The Balaban J connectivity index is 2.44. The van der Waals surface area contributed by atoms with Crippen molar-refractivity contribution >= 4 is 0 Å². The fourth-order valence-corrected chi connectivity index (χ4v) is 2.44. The molecule has 1 aliphatic heterocycles. The molecule has 0 aromatic carbocycles. The minimum absolute atomic E-state index is 0.327. The molecule has 1 rings (SSSR count). The summed E-state index contributed by atoms with van der Waals surface area (Å²) in [7, 11) is 2.22. The third kappa shape index (κ3) is 3.44. The van der Waals surface area contributed by atoms with E-state index in [-0.39, 0.29) is 0 Å². The molecule has 1 heterocycles. The monoisotopic (exact) mass is 227 g/mol. The maximum atomic E-state index is 6.23. The number of nitrogens with two attached hydrogens (primary N) is 1. The molecule has 1 aliphatic rings. The number of rotatable bonds is 4. The summed E-state index contributed by atoms with van der Waals surface area (Å²) in [5.41, 5.74) is 6.23. The highest BCUT2D eigenvalue weighted by molar-refractivity contribution is 4.85. The molecule has 0 bridgehead atoms. The highest BCUT2D eigenvalue weighted by atomic mass is 15.3. The van der Waals surface area contributed by atoms with Crippen LogP contribution in [0.5, 0.6) is 0 Å². The van der Waals surface area contributed by atoms with Gasteiger partial charge in [-0.2, -0.15) is 0 Å². The van der Waals surface area contributed by atoms with Crippen molar-refractivity contribution in [1.82, 2.24) is 9.80 Å². The van der Waals surface area contributed by atoms with Crippen LogP contribution in [0, 0.1) is 5.92 Å². The first kappa shape index (κ1) is 13.9. The summed E-state index contributed by atoms with van der Waals surface area (Å²) >= 11 is 0. The van der Waals surface area contributed by atoms with Crippen molar-refractivity contribution < 1.29 is 0 Å². The Hall–Kier alpha value is -0.120. The van der Waals surface area contributed by atoms with Gasteiger partial charge < -0.3 is 5.73 Å². The summed E-state index contributed by atoms with van der Waals surface area (Å²) in [6.45, 7) is 12.5. The third-order valence-corrected chi connectivity index (χ3v) is 4.28. The van der Waals surface area contributed by atoms with Gasteiger partial charge in [-0.05, 0) is 26.8 Å². The van der Waals surface area contributed by atoms with Crippen LogP contribution in [0.25, 0.3) is 0 Å². The molecule has 1 fully saturated rings. The molecule has 16 heavy (non-hydrogen) atoms.